The van der Waals surface area contributed by atoms with Crippen LogP contribution in [0.5, 0.6) is 0 Å². The number of nitrogens with zero attached hydrogens (tertiary/aromatic N) is 1. The minimum atomic E-state index is -0.870. The molecule has 0 heterocycles. The lowest BCUT2D eigenvalue weighted by Crippen LogP contribution is -2.40. The summed E-state index contributed by atoms with van der Waals surface area (Å²) < 4.78 is 26.4. The molecule has 0 aliphatic heterocycles. The van der Waals surface area contributed by atoms with Gasteiger partial charge in [0.1, 0.15) is 0 Å². The second kappa shape index (κ2) is 7.70. The van der Waals surface area contributed by atoms with E-state index >= 15 is 0 Å². The normalized spacial score (nSPS) is 11.8. The highest BCUT2D eigenvalue weighted by Crippen LogP contribution is 2.23. The van der Waals surface area contributed by atoms with Crippen molar-refractivity contribution in [1.29, 1.82) is 0 Å². The Bertz CT molecular complexity index is 504. The van der Waals surface area contributed by atoms with Crippen molar-refractivity contribution in [3.63, 3.8) is 0 Å². The molecular weight excluding hydrogens is 284 g/mol. The summed E-state index contributed by atoms with van der Waals surface area (Å²) >= 11 is 0. The van der Waals surface area contributed by atoms with E-state index < -0.39 is 11.6 Å². The molecule has 124 valence electrons. The lowest BCUT2D eigenvalue weighted by atomic mass is 9.91. The molecule has 2 nitrogen and oxygen atoms in total. The van der Waals surface area contributed by atoms with Gasteiger partial charge in [-0.25, -0.2) is 8.78 Å². The summed E-state index contributed by atoms with van der Waals surface area (Å²) in [6.07, 6.45) is 2.12. The Morgan fingerprint density at radius 2 is 1.73 bits per heavy atom. The summed E-state index contributed by atoms with van der Waals surface area (Å²) in [5, 5.41) is 0. The van der Waals surface area contributed by atoms with Gasteiger partial charge in [0.25, 0.3) is 0 Å². The van der Waals surface area contributed by atoms with E-state index in [-0.39, 0.29) is 17.4 Å². The van der Waals surface area contributed by atoms with Crippen LogP contribution in [0.3, 0.4) is 0 Å². The first-order chi connectivity index (χ1) is 10.2. The molecule has 0 radical (unpaired) electrons. The Balaban J connectivity index is 2.99. The van der Waals surface area contributed by atoms with Crippen LogP contribution in [-0.4, -0.2) is 16.8 Å². The molecule has 1 aromatic rings. The van der Waals surface area contributed by atoms with Gasteiger partial charge in [-0.1, -0.05) is 40.7 Å². The average Bonchev–Trinajstić information content (AvgIpc) is 2.41. The average molecular weight is 311 g/mol. The molecule has 0 bridgehead atoms. The molecule has 0 aromatic heterocycles. The van der Waals surface area contributed by atoms with E-state index in [1.807, 2.05) is 34.6 Å². The maximum Gasteiger partial charge on any atom is 0.223 e. The van der Waals surface area contributed by atoms with Crippen LogP contribution in [0.1, 0.15) is 59.4 Å². The van der Waals surface area contributed by atoms with Gasteiger partial charge in [-0.05, 0) is 36.0 Å². The van der Waals surface area contributed by atoms with Gasteiger partial charge in [0.2, 0.25) is 5.91 Å². The largest absolute Gasteiger partial charge is 0.335 e. The van der Waals surface area contributed by atoms with E-state index in [4.69, 9.17) is 0 Å². The molecule has 22 heavy (non-hydrogen) atoms. The lowest BCUT2D eigenvalue weighted by molar-refractivity contribution is -0.136. The molecule has 0 unspecified atom stereocenters. The first-order valence-electron chi connectivity index (χ1n) is 7.91. The van der Waals surface area contributed by atoms with Crippen molar-refractivity contribution in [2.45, 2.75) is 66.5 Å². The SMILES string of the molecule is CCC(CC)N(Cc1ccc(F)c(F)c1)C(=O)CC(C)(C)C. The summed E-state index contributed by atoms with van der Waals surface area (Å²) in [7, 11) is 0. The summed E-state index contributed by atoms with van der Waals surface area (Å²) in [4.78, 5) is 14.4. The number of hydrogen-bond acceptors (Lipinski definition) is 1. The van der Waals surface area contributed by atoms with Crippen LogP contribution >= 0.6 is 0 Å². The first kappa shape index (κ1) is 18.6. The number of amides is 1. The molecule has 0 atom stereocenters. The maximum atomic E-state index is 13.4. The number of hydrogen-bond donors (Lipinski definition) is 0. The predicted molar refractivity (Wildman–Crippen MR) is 85.4 cm³/mol. The van der Waals surface area contributed by atoms with Crippen LogP contribution in [0.4, 0.5) is 8.78 Å². The van der Waals surface area contributed by atoms with Gasteiger partial charge < -0.3 is 4.90 Å². The Kier molecular flexibility index (Phi) is 6.51. The maximum absolute atomic E-state index is 13.4. The van der Waals surface area contributed by atoms with Crippen molar-refractivity contribution in [2.75, 3.05) is 0 Å². The molecule has 0 aliphatic rings. The smallest absolute Gasteiger partial charge is 0.223 e. The second-order valence-corrected chi connectivity index (χ2v) is 6.98. The number of benzene rings is 1. The standard InChI is InChI=1S/C18H27F2NO/c1-6-14(7-2)21(17(22)11-18(3,4)5)12-13-8-9-15(19)16(20)10-13/h8-10,14H,6-7,11-12H2,1-5H3. The van der Waals surface area contributed by atoms with Gasteiger partial charge in [-0.2, -0.15) is 0 Å². The van der Waals surface area contributed by atoms with Gasteiger partial charge in [0.15, 0.2) is 11.6 Å². The highest BCUT2D eigenvalue weighted by atomic mass is 19.2. The number of rotatable bonds is 6. The molecule has 1 aromatic carbocycles. The number of halogens is 2. The van der Waals surface area contributed by atoms with Gasteiger partial charge in [0.05, 0.1) is 0 Å². The fourth-order valence-electron chi connectivity index (χ4n) is 2.54. The first-order valence-corrected chi connectivity index (χ1v) is 7.91. The van der Waals surface area contributed by atoms with E-state index in [9.17, 15) is 13.6 Å². The van der Waals surface area contributed by atoms with Gasteiger partial charge >= 0.3 is 0 Å². The fraction of sp³-hybridized carbons (Fsp3) is 0.611. The van der Waals surface area contributed by atoms with E-state index in [1.165, 1.54) is 12.1 Å². The lowest BCUT2D eigenvalue weighted by Gasteiger charge is -2.33. The Morgan fingerprint density at radius 1 is 1.14 bits per heavy atom. The molecule has 0 spiro atoms. The van der Waals surface area contributed by atoms with Crippen molar-refractivity contribution in [3.05, 3.63) is 35.4 Å². The summed E-state index contributed by atoms with van der Waals surface area (Å²) in [6, 6.07) is 3.94. The van der Waals surface area contributed by atoms with Crippen LogP contribution in [-0.2, 0) is 11.3 Å². The zero-order valence-electron chi connectivity index (χ0n) is 14.2. The molecule has 4 heteroatoms. The van der Waals surface area contributed by atoms with Crippen LogP contribution < -0.4 is 0 Å². The molecule has 1 rings (SSSR count). The Hall–Kier alpha value is -1.45. The Labute approximate surface area is 132 Å². The molecule has 0 fully saturated rings. The van der Waals surface area contributed by atoms with Crippen molar-refractivity contribution in [1.82, 2.24) is 4.90 Å². The van der Waals surface area contributed by atoms with Crippen molar-refractivity contribution < 1.29 is 13.6 Å². The Morgan fingerprint density at radius 3 is 2.18 bits per heavy atom. The minimum absolute atomic E-state index is 0.0610. The third kappa shape index (κ3) is 5.39. The minimum Gasteiger partial charge on any atom is -0.335 e. The second-order valence-electron chi connectivity index (χ2n) is 6.98. The van der Waals surface area contributed by atoms with Crippen LogP contribution in [0.15, 0.2) is 18.2 Å². The van der Waals surface area contributed by atoms with Crippen molar-refractivity contribution in [3.8, 4) is 0 Å². The summed E-state index contributed by atoms with van der Waals surface area (Å²) in [6.45, 7) is 10.5. The zero-order valence-corrected chi connectivity index (χ0v) is 14.2. The topological polar surface area (TPSA) is 20.3 Å². The highest BCUT2D eigenvalue weighted by Gasteiger charge is 2.25. The van der Waals surface area contributed by atoms with Crippen LogP contribution in [0.2, 0.25) is 0 Å². The van der Waals surface area contributed by atoms with E-state index in [0.717, 1.165) is 18.9 Å². The van der Waals surface area contributed by atoms with Crippen molar-refractivity contribution >= 4 is 5.91 Å². The van der Waals surface area contributed by atoms with Crippen molar-refractivity contribution in [2.24, 2.45) is 5.41 Å². The summed E-state index contributed by atoms with van der Waals surface area (Å²) in [5.74, 6) is -1.67. The molecule has 0 N–H and O–H groups in total. The van der Waals surface area contributed by atoms with Gasteiger partial charge in [-0.15, -0.1) is 0 Å². The molecule has 1 amide bonds. The van der Waals surface area contributed by atoms with Gasteiger partial charge in [0, 0.05) is 19.0 Å². The molecule has 0 saturated heterocycles. The zero-order chi connectivity index (χ0) is 16.9. The monoisotopic (exact) mass is 311 g/mol. The van der Waals surface area contributed by atoms with Gasteiger partial charge in [-0.3, -0.25) is 4.79 Å². The number of carbonyl (C=O) groups is 1. The number of carbonyl (C=O) groups excluding carboxylic acids is 1. The predicted octanol–water partition coefficient (Wildman–Crippen LogP) is 4.92. The highest BCUT2D eigenvalue weighted by molar-refractivity contribution is 5.77. The molecule has 0 aliphatic carbocycles. The van der Waals surface area contributed by atoms with E-state index in [2.05, 4.69) is 0 Å². The quantitative estimate of drug-likeness (QED) is 0.730. The molecular formula is C18H27F2NO. The summed E-state index contributed by atoms with van der Waals surface area (Å²) in [5.41, 5.74) is 0.517. The van der Waals surface area contributed by atoms with E-state index in [1.54, 1.807) is 4.90 Å². The third-order valence-electron chi connectivity index (χ3n) is 3.72. The fourth-order valence-corrected chi connectivity index (χ4v) is 2.54. The third-order valence-corrected chi connectivity index (χ3v) is 3.72. The van der Waals surface area contributed by atoms with Crippen LogP contribution in [0, 0.1) is 17.0 Å². The molecule has 0 saturated carbocycles. The van der Waals surface area contributed by atoms with E-state index in [0.29, 0.717) is 18.5 Å². The van der Waals surface area contributed by atoms with Crippen LogP contribution in [0.25, 0.3) is 0 Å².